The third-order valence-electron chi connectivity index (χ3n) is 4.28. The van der Waals surface area contributed by atoms with Crippen molar-refractivity contribution in [1.82, 2.24) is 24.7 Å². The van der Waals surface area contributed by atoms with E-state index in [9.17, 15) is 0 Å². The quantitative estimate of drug-likeness (QED) is 0.496. The van der Waals surface area contributed by atoms with Crippen molar-refractivity contribution in [2.75, 3.05) is 0 Å². The van der Waals surface area contributed by atoms with Gasteiger partial charge < -0.3 is 0 Å². The Morgan fingerprint density at radius 2 is 2.04 bits per heavy atom. The fraction of sp³-hybridized carbons (Fsp3) is 0.143. The van der Waals surface area contributed by atoms with Crippen LogP contribution in [-0.4, -0.2) is 24.7 Å². The minimum atomic E-state index is -0.0383. The molecule has 0 radical (unpaired) electrons. The molecule has 0 aliphatic carbocycles. The van der Waals surface area contributed by atoms with E-state index in [0.29, 0.717) is 0 Å². The average molecular weight is 371 g/mol. The highest BCUT2D eigenvalue weighted by Gasteiger charge is 2.16. The van der Waals surface area contributed by atoms with Gasteiger partial charge in [-0.2, -0.15) is 5.10 Å². The van der Waals surface area contributed by atoms with Gasteiger partial charge in [0.05, 0.1) is 10.6 Å². The Labute approximate surface area is 161 Å². The van der Waals surface area contributed by atoms with E-state index in [2.05, 4.69) is 20.9 Å². The zero-order valence-corrected chi connectivity index (χ0v) is 15.8. The van der Waals surface area contributed by atoms with Gasteiger partial charge in [0.2, 0.25) is 0 Å². The number of aryl methyl sites for hydroxylation is 1. The van der Waals surface area contributed by atoms with Crippen molar-refractivity contribution >= 4 is 11.3 Å². The van der Waals surface area contributed by atoms with E-state index in [-0.39, 0.29) is 5.92 Å². The highest BCUT2D eigenvalue weighted by Crippen LogP contribution is 2.34. The number of terminal acetylenes is 1. The molecule has 1 unspecified atom stereocenters. The Morgan fingerprint density at radius 3 is 2.81 bits per heavy atom. The van der Waals surface area contributed by atoms with E-state index in [1.54, 1.807) is 28.4 Å². The second kappa shape index (κ2) is 7.14. The molecule has 4 heterocycles. The van der Waals surface area contributed by atoms with E-state index in [1.807, 2.05) is 56.6 Å². The minimum absolute atomic E-state index is 0.0383. The highest BCUT2D eigenvalue weighted by atomic mass is 32.1. The first-order valence-electron chi connectivity index (χ1n) is 8.52. The Hall–Kier alpha value is -3.30. The van der Waals surface area contributed by atoms with Gasteiger partial charge in [-0.1, -0.05) is 12.0 Å². The van der Waals surface area contributed by atoms with E-state index in [0.717, 1.165) is 38.2 Å². The first-order valence-corrected chi connectivity index (χ1v) is 9.34. The number of hydrogen-bond donors (Lipinski definition) is 0. The fourth-order valence-corrected chi connectivity index (χ4v) is 3.86. The summed E-state index contributed by atoms with van der Waals surface area (Å²) in [6.45, 7) is 3.98. The van der Waals surface area contributed by atoms with Crippen LogP contribution >= 0.6 is 11.3 Å². The number of aromatic nitrogens is 5. The average Bonchev–Trinajstić information content (AvgIpc) is 3.35. The largest absolute Gasteiger partial charge is 0.264 e. The van der Waals surface area contributed by atoms with Crippen molar-refractivity contribution in [3.8, 4) is 39.3 Å². The van der Waals surface area contributed by atoms with Crippen LogP contribution in [0.1, 0.15) is 24.1 Å². The summed E-state index contributed by atoms with van der Waals surface area (Å²) in [6.07, 6.45) is 12.8. The monoisotopic (exact) mass is 371 g/mol. The zero-order chi connectivity index (χ0) is 18.8. The maximum Gasteiger partial charge on any atom is 0.157 e. The molecular weight excluding hydrogens is 354 g/mol. The molecule has 5 nitrogen and oxygen atoms in total. The number of thiazole rings is 1. The SMILES string of the molecule is C#CC(C)c1cccnc1-n1ccc(-c2sc(-c3cccnc3)nc2C)n1. The van der Waals surface area contributed by atoms with Gasteiger partial charge in [-0.05, 0) is 38.1 Å². The molecule has 0 bridgehead atoms. The van der Waals surface area contributed by atoms with Crippen molar-refractivity contribution in [3.63, 3.8) is 0 Å². The Morgan fingerprint density at radius 1 is 1.19 bits per heavy atom. The van der Waals surface area contributed by atoms with E-state index in [4.69, 9.17) is 11.5 Å². The molecule has 0 aromatic carbocycles. The number of nitrogens with zero attached hydrogens (tertiary/aromatic N) is 5. The van der Waals surface area contributed by atoms with Crippen LogP contribution < -0.4 is 0 Å². The molecule has 4 aromatic rings. The van der Waals surface area contributed by atoms with Crippen molar-refractivity contribution in [2.24, 2.45) is 0 Å². The molecule has 6 heteroatoms. The highest BCUT2D eigenvalue weighted by molar-refractivity contribution is 7.18. The standard InChI is InChI=1S/C21H17N5S/c1-4-14(2)17-8-6-11-23-20(17)26-12-9-18(25-26)19-15(3)24-21(27-19)16-7-5-10-22-13-16/h1,5-14H,2-3H3. The van der Waals surface area contributed by atoms with Crippen molar-refractivity contribution in [2.45, 2.75) is 19.8 Å². The van der Waals surface area contributed by atoms with Crippen LogP contribution in [0.4, 0.5) is 0 Å². The van der Waals surface area contributed by atoms with E-state index >= 15 is 0 Å². The van der Waals surface area contributed by atoms with Crippen LogP contribution in [-0.2, 0) is 0 Å². The summed E-state index contributed by atoms with van der Waals surface area (Å²) in [5, 5.41) is 5.67. The summed E-state index contributed by atoms with van der Waals surface area (Å²) in [5.41, 5.74) is 3.80. The van der Waals surface area contributed by atoms with Gasteiger partial charge in [-0.3, -0.25) is 4.98 Å². The lowest BCUT2D eigenvalue weighted by Gasteiger charge is -2.10. The van der Waals surface area contributed by atoms with Gasteiger partial charge in [0.15, 0.2) is 5.82 Å². The molecule has 0 saturated heterocycles. The van der Waals surface area contributed by atoms with Gasteiger partial charge in [-0.25, -0.2) is 14.6 Å². The molecule has 0 aliphatic heterocycles. The molecule has 0 amide bonds. The predicted octanol–water partition coefficient (Wildman–Crippen LogP) is 4.50. The molecule has 4 aromatic heterocycles. The second-order valence-corrected chi connectivity index (χ2v) is 7.12. The minimum Gasteiger partial charge on any atom is -0.264 e. The first kappa shape index (κ1) is 17.1. The Kier molecular flexibility index (Phi) is 4.53. The summed E-state index contributed by atoms with van der Waals surface area (Å²) >= 11 is 1.61. The maximum atomic E-state index is 5.61. The molecule has 0 fully saturated rings. The van der Waals surface area contributed by atoms with Crippen LogP contribution in [0.15, 0.2) is 55.1 Å². The van der Waals surface area contributed by atoms with Gasteiger partial charge in [-0.15, -0.1) is 17.8 Å². The van der Waals surface area contributed by atoms with Gasteiger partial charge in [0, 0.05) is 41.8 Å². The smallest absolute Gasteiger partial charge is 0.157 e. The van der Waals surface area contributed by atoms with Crippen LogP contribution in [0.2, 0.25) is 0 Å². The van der Waals surface area contributed by atoms with E-state index in [1.165, 1.54) is 0 Å². The first-order chi connectivity index (χ1) is 13.2. The number of hydrogen-bond acceptors (Lipinski definition) is 5. The van der Waals surface area contributed by atoms with E-state index < -0.39 is 0 Å². The zero-order valence-electron chi connectivity index (χ0n) is 15.0. The normalized spacial score (nSPS) is 11.9. The third-order valence-corrected chi connectivity index (χ3v) is 5.51. The van der Waals surface area contributed by atoms with Crippen molar-refractivity contribution in [1.29, 1.82) is 0 Å². The van der Waals surface area contributed by atoms with Gasteiger partial charge in [0.1, 0.15) is 10.7 Å². The summed E-state index contributed by atoms with van der Waals surface area (Å²) < 4.78 is 1.78. The molecule has 132 valence electrons. The summed E-state index contributed by atoms with van der Waals surface area (Å²) in [6, 6.07) is 9.79. The lowest BCUT2D eigenvalue weighted by molar-refractivity contribution is 0.818. The Bertz CT molecular complexity index is 1120. The third kappa shape index (κ3) is 3.25. The fourth-order valence-electron chi connectivity index (χ4n) is 2.84. The van der Waals surface area contributed by atoms with Crippen molar-refractivity contribution in [3.05, 3.63) is 66.4 Å². The molecule has 0 aliphatic rings. The Balaban J connectivity index is 1.73. The summed E-state index contributed by atoms with van der Waals surface area (Å²) in [7, 11) is 0. The molecule has 0 N–H and O–H groups in total. The van der Waals surface area contributed by atoms with Crippen LogP contribution in [0.5, 0.6) is 0 Å². The van der Waals surface area contributed by atoms with Crippen molar-refractivity contribution < 1.29 is 0 Å². The van der Waals surface area contributed by atoms with Gasteiger partial charge >= 0.3 is 0 Å². The molecule has 27 heavy (non-hydrogen) atoms. The number of pyridine rings is 2. The lowest BCUT2D eigenvalue weighted by Crippen LogP contribution is -2.05. The van der Waals surface area contributed by atoms with Crippen LogP contribution in [0.3, 0.4) is 0 Å². The molecule has 0 saturated carbocycles. The predicted molar refractivity (Wildman–Crippen MR) is 108 cm³/mol. The lowest BCUT2D eigenvalue weighted by atomic mass is 10.0. The molecule has 4 rings (SSSR count). The summed E-state index contributed by atoms with van der Waals surface area (Å²) in [4.78, 5) is 14.4. The molecule has 1 atom stereocenters. The van der Waals surface area contributed by atoms with Crippen LogP contribution in [0.25, 0.3) is 27.0 Å². The van der Waals surface area contributed by atoms with Crippen LogP contribution in [0, 0.1) is 19.3 Å². The number of rotatable bonds is 4. The molecule has 0 spiro atoms. The molecular formula is C21H17N5S. The maximum absolute atomic E-state index is 5.61. The summed E-state index contributed by atoms with van der Waals surface area (Å²) in [5.74, 6) is 3.48. The topological polar surface area (TPSA) is 56.5 Å². The second-order valence-electron chi connectivity index (χ2n) is 6.13. The van der Waals surface area contributed by atoms with Gasteiger partial charge in [0.25, 0.3) is 0 Å².